The van der Waals surface area contributed by atoms with Crippen molar-refractivity contribution in [1.82, 2.24) is 10.3 Å². The number of rotatable bonds is 5. The quantitative estimate of drug-likeness (QED) is 0.779. The van der Waals surface area contributed by atoms with Gasteiger partial charge < -0.3 is 10.2 Å². The molecule has 0 spiro atoms. The summed E-state index contributed by atoms with van der Waals surface area (Å²) in [7, 11) is 0. The second kappa shape index (κ2) is 7.03. The van der Waals surface area contributed by atoms with E-state index in [1.54, 1.807) is 0 Å². The molecule has 0 radical (unpaired) electrons. The van der Waals surface area contributed by atoms with Gasteiger partial charge in [-0.15, -0.1) is 0 Å². The van der Waals surface area contributed by atoms with Crippen LogP contribution in [0.2, 0.25) is 0 Å². The van der Waals surface area contributed by atoms with Crippen LogP contribution >= 0.6 is 0 Å². The number of amides is 1. The van der Waals surface area contributed by atoms with E-state index in [1.807, 2.05) is 53.7 Å². The van der Waals surface area contributed by atoms with Crippen molar-refractivity contribution in [3.8, 4) is 0 Å². The topological polar surface area (TPSA) is 45.2 Å². The van der Waals surface area contributed by atoms with Crippen LogP contribution in [0.1, 0.15) is 12.0 Å². The Balaban J connectivity index is 1.37. The number of nitrogens with zero attached hydrogens (tertiary/aromatic N) is 2. The molecule has 1 amide bonds. The number of anilines is 1. The molecule has 126 valence electrons. The van der Waals surface area contributed by atoms with Gasteiger partial charge in [0.1, 0.15) is 0 Å². The van der Waals surface area contributed by atoms with Crippen LogP contribution < -0.4 is 10.2 Å². The van der Waals surface area contributed by atoms with E-state index in [-0.39, 0.29) is 5.91 Å². The number of fused-ring (bicyclic) bond motifs is 1. The molecule has 4 nitrogen and oxygen atoms in total. The first-order chi connectivity index (χ1) is 12.3. The molecule has 4 rings (SSSR count). The molecule has 0 bridgehead atoms. The average molecular weight is 331 g/mol. The molecular weight excluding hydrogens is 310 g/mol. The molecule has 1 atom stereocenters. The lowest BCUT2D eigenvalue weighted by atomic mass is 10.1. The predicted molar refractivity (Wildman–Crippen MR) is 100 cm³/mol. The highest BCUT2D eigenvalue weighted by Gasteiger charge is 2.30. The van der Waals surface area contributed by atoms with E-state index in [0.717, 1.165) is 30.7 Å². The molecule has 1 aromatic heterocycles. The maximum atomic E-state index is 12.3. The molecule has 1 unspecified atom stereocenters. The zero-order valence-corrected chi connectivity index (χ0v) is 14.1. The maximum absolute atomic E-state index is 12.3. The lowest BCUT2D eigenvalue weighted by Gasteiger charge is -2.17. The number of pyridine rings is 1. The molecule has 3 aromatic rings. The van der Waals surface area contributed by atoms with Crippen LogP contribution in [0.4, 0.5) is 5.69 Å². The first-order valence-electron chi connectivity index (χ1n) is 8.69. The summed E-state index contributed by atoms with van der Waals surface area (Å²) >= 11 is 0. The van der Waals surface area contributed by atoms with E-state index in [0.29, 0.717) is 12.3 Å². The Kier molecular flexibility index (Phi) is 4.44. The minimum absolute atomic E-state index is 0.213. The Morgan fingerprint density at radius 1 is 1.04 bits per heavy atom. The van der Waals surface area contributed by atoms with Crippen LogP contribution in [0.3, 0.4) is 0 Å². The highest BCUT2D eigenvalue weighted by Crippen LogP contribution is 2.24. The zero-order valence-electron chi connectivity index (χ0n) is 14.1. The van der Waals surface area contributed by atoms with Crippen molar-refractivity contribution < 1.29 is 4.79 Å². The lowest BCUT2D eigenvalue weighted by molar-refractivity contribution is -0.117. The number of carbonyl (C=O) groups excluding carboxylic acids is 1. The Labute approximate surface area is 147 Å². The number of para-hydroxylation sites is 1. The number of nitrogens with one attached hydrogen (secondary N) is 1. The highest BCUT2D eigenvalue weighted by atomic mass is 16.2. The van der Waals surface area contributed by atoms with Crippen LogP contribution in [0, 0.1) is 5.92 Å². The van der Waals surface area contributed by atoms with Crippen LogP contribution in [-0.2, 0) is 11.3 Å². The second-order valence-corrected chi connectivity index (χ2v) is 6.56. The van der Waals surface area contributed by atoms with Crippen molar-refractivity contribution in [2.75, 3.05) is 18.0 Å². The number of carbonyl (C=O) groups is 1. The normalized spacial score (nSPS) is 17.4. The highest BCUT2D eigenvalue weighted by molar-refractivity contribution is 5.95. The first-order valence-corrected chi connectivity index (χ1v) is 8.69. The van der Waals surface area contributed by atoms with E-state index < -0.39 is 0 Å². The third-order valence-corrected chi connectivity index (χ3v) is 4.77. The molecule has 2 heterocycles. The SMILES string of the molecule is O=C1CC(CNCc2cncc3ccccc23)CN1c1ccccc1. The van der Waals surface area contributed by atoms with Gasteiger partial charge in [0.05, 0.1) is 0 Å². The van der Waals surface area contributed by atoms with E-state index in [1.165, 1.54) is 10.9 Å². The minimum Gasteiger partial charge on any atom is -0.312 e. The van der Waals surface area contributed by atoms with Gasteiger partial charge in [0, 0.05) is 49.5 Å². The fourth-order valence-electron chi connectivity index (χ4n) is 3.51. The fourth-order valence-corrected chi connectivity index (χ4v) is 3.51. The van der Waals surface area contributed by atoms with E-state index >= 15 is 0 Å². The third-order valence-electron chi connectivity index (χ3n) is 4.77. The van der Waals surface area contributed by atoms with E-state index in [2.05, 4.69) is 28.5 Å². The van der Waals surface area contributed by atoms with Crippen molar-refractivity contribution in [2.45, 2.75) is 13.0 Å². The Morgan fingerprint density at radius 2 is 1.84 bits per heavy atom. The average Bonchev–Trinajstić information content (AvgIpc) is 3.03. The molecule has 25 heavy (non-hydrogen) atoms. The summed E-state index contributed by atoms with van der Waals surface area (Å²) in [4.78, 5) is 18.5. The summed E-state index contributed by atoms with van der Waals surface area (Å²) in [5.74, 6) is 0.556. The monoisotopic (exact) mass is 331 g/mol. The van der Waals surface area contributed by atoms with Crippen molar-refractivity contribution in [2.24, 2.45) is 5.92 Å². The van der Waals surface area contributed by atoms with Crippen LogP contribution in [0.15, 0.2) is 67.0 Å². The molecule has 1 aliphatic heterocycles. The Hall–Kier alpha value is -2.72. The van der Waals surface area contributed by atoms with Gasteiger partial charge >= 0.3 is 0 Å². The molecule has 1 saturated heterocycles. The van der Waals surface area contributed by atoms with Gasteiger partial charge in [0.25, 0.3) is 0 Å². The predicted octanol–water partition coefficient (Wildman–Crippen LogP) is 3.38. The van der Waals surface area contributed by atoms with Crippen LogP contribution in [0.5, 0.6) is 0 Å². The van der Waals surface area contributed by atoms with Crippen molar-refractivity contribution in [3.05, 3.63) is 72.6 Å². The summed E-state index contributed by atoms with van der Waals surface area (Å²) < 4.78 is 0. The molecule has 1 N–H and O–H groups in total. The summed E-state index contributed by atoms with van der Waals surface area (Å²) in [5.41, 5.74) is 2.19. The van der Waals surface area contributed by atoms with Crippen LogP contribution in [-0.4, -0.2) is 24.0 Å². The van der Waals surface area contributed by atoms with Gasteiger partial charge in [-0.25, -0.2) is 0 Å². The summed E-state index contributed by atoms with van der Waals surface area (Å²) in [6.45, 7) is 2.38. The molecule has 1 fully saturated rings. The first kappa shape index (κ1) is 15.8. The number of benzene rings is 2. The molecule has 4 heteroatoms. The molecule has 2 aromatic carbocycles. The fraction of sp³-hybridized carbons (Fsp3) is 0.238. The van der Waals surface area contributed by atoms with Gasteiger partial charge in [-0.05, 0) is 29.0 Å². The van der Waals surface area contributed by atoms with Gasteiger partial charge in [0.2, 0.25) is 5.91 Å². The zero-order chi connectivity index (χ0) is 17.1. The Morgan fingerprint density at radius 3 is 2.72 bits per heavy atom. The van der Waals surface area contributed by atoms with E-state index in [4.69, 9.17) is 0 Å². The smallest absolute Gasteiger partial charge is 0.227 e. The van der Waals surface area contributed by atoms with Crippen molar-refractivity contribution in [1.29, 1.82) is 0 Å². The maximum Gasteiger partial charge on any atom is 0.227 e. The van der Waals surface area contributed by atoms with Gasteiger partial charge in [-0.1, -0.05) is 42.5 Å². The number of aromatic nitrogens is 1. The Bertz CT molecular complexity index is 873. The number of hydrogen-bond donors (Lipinski definition) is 1. The summed E-state index contributed by atoms with van der Waals surface area (Å²) in [6.07, 6.45) is 4.42. The standard InChI is InChI=1S/C21H21N3O/c25-21-10-16(15-24(21)19-7-2-1-3-8-19)11-22-13-18-14-23-12-17-6-4-5-9-20(17)18/h1-9,12,14,16,22H,10-11,13,15H2. The minimum atomic E-state index is 0.213. The number of hydrogen-bond acceptors (Lipinski definition) is 3. The second-order valence-electron chi connectivity index (χ2n) is 6.56. The molecule has 0 aliphatic carbocycles. The molecule has 0 saturated carbocycles. The summed E-state index contributed by atoms with van der Waals surface area (Å²) in [6, 6.07) is 18.2. The van der Waals surface area contributed by atoms with Crippen molar-refractivity contribution in [3.63, 3.8) is 0 Å². The summed E-state index contributed by atoms with van der Waals surface area (Å²) in [5, 5.41) is 5.90. The van der Waals surface area contributed by atoms with E-state index in [9.17, 15) is 4.79 Å². The molecule has 1 aliphatic rings. The van der Waals surface area contributed by atoms with Crippen LogP contribution in [0.25, 0.3) is 10.8 Å². The molecular formula is C21H21N3O. The van der Waals surface area contributed by atoms with Gasteiger partial charge in [-0.3, -0.25) is 9.78 Å². The third kappa shape index (κ3) is 3.39. The van der Waals surface area contributed by atoms with Gasteiger partial charge in [0.15, 0.2) is 0 Å². The largest absolute Gasteiger partial charge is 0.312 e. The van der Waals surface area contributed by atoms with Crippen molar-refractivity contribution >= 4 is 22.4 Å². The van der Waals surface area contributed by atoms with Gasteiger partial charge in [-0.2, -0.15) is 0 Å². The lowest BCUT2D eigenvalue weighted by Crippen LogP contribution is -2.27.